The van der Waals surface area contributed by atoms with E-state index in [4.69, 9.17) is 4.74 Å². The molecule has 0 bridgehead atoms. The lowest BCUT2D eigenvalue weighted by Crippen LogP contribution is -2.19. The fourth-order valence-corrected chi connectivity index (χ4v) is 3.24. The van der Waals surface area contributed by atoms with Gasteiger partial charge in [-0.15, -0.1) is 0 Å². The van der Waals surface area contributed by atoms with Crippen molar-refractivity contribution in [2.75, 3.05) is 7.11 Å². The first kappa shape index (κ1) is 14.5. The minimum atomic E-state index is -0.172. The standard InChI is InChI=1S/C17H17BrFNO/c1-21-14-5-2-11-3-7-17(15(11)9-14)20-10-12-8-13(18)4-6-16(12)19/h2,4-6,8-9,17,20H,3,7,10H2,1H3. The molecular formula is C17H17BrFNO. The van der Waals surface area contributed by atoms with Crippen LogP contribution < -0.4 is 10.1 Å². The van der Waals surface area contributed by atoms with Crippen molar-refractivity contribution >= 4 is 15.9 Å². The molecule has 21 heavy (non-hydrogen) atoms. The van der Waals surface area contributed by atoms with Gasteiger partial charge in [0.15, 0.2) is 0 Å². The summed E-state index contributed by atoms with van der Waals surface area (Å²) < 4.78 is 20.0. The van der Waals surface area contributed by atoms with Crippen molar-refractivity contribution in [1.29, 1.82) is 0 Å². The minimum Gasteiger partial charge on any atom is -0.497 e. The average Bonchev–Trinajstić information content (AvgIpc) is 2.90. The summed E-state index contributed by atoms with van der Waals surface area (Å²) in [6.07, 6.45) is 2.09. The number of ether oxygens (including phenoxy) is 1. The van der Waals surface area contributed by atoms with E-state index in [0.717, 1.165) is 23.1 Å². The van der Waals surface area contributed by atoms with Crippen LogP contribution in [0.5, 0.6) is 5.75 Å². The van der Waals surface area contributed by atoms with Crippen LogP contribution in [0.3, 0.4) is 0 Å². The summed E-state index contributed by atoms with van der Waals surface area (Å²) in [7, 11) is 1.68. The third-order valence-electron chi connectivity index (χ3n) is 3.98. The average molecular weight is 350 g/mol. The van der Waals surface area contributed by atoms with E-state index in [-0.39, 0.29) is 11.9 Å². The van der Waals surface area contributed by atoms with Gasteiger partial charge in [0, 0.05) is 22.6 Å². The Balaban J connectivity index is 1.75. The molecule has 0 saturated heterocycles. The van der Waals surface area contributed by atoms with E-state index >= 15 is 0 Å². The molecule has 2 nitrogen and oxygen atoms in total. The first-order valence-corrected chi connectivity index (χ1v) is 7.81. The van der Waals surface area contributed by atoms with Gasteiger partial charge in [-0.25, -0.2) is 4.39 Å². The van der Waals surface area contributed by atoms with E-state index < -0.39 is 0 Å². The van der Waals surface area contributed by atoms with Crippen LogP contribution in [0, 0.1) is 5.82 Å². The Bertz CT molecular complexity index is 659. The zero-order chi connectivity index (χ0) is 14.8. The summed E-state index contributed by atoms with van der Waals surface area (Å²) in [4.78, 5) is 0. The predicted octanol–water partition coefficient (Wildman–Crippen LogP) is 4.37. The first-order chi connectivity index (χ1) is 10.2. The van der Waals surface area contributed by atoms with Gasteiger partial charge in [0.2, 0.25) is 0 Å². The molecule has 1 aliphatic rings. The number of methoxy groups -OCH3 is 1. The van der Waals surface area contributed by atoms with Crippen LogP contribution in [0.15, 0.2) is 40.9 Å². The quantitative estimate of drug-likeness (QED) is 0.884. The molecule has 2 aromatic carbocycles. The molecule has 110 valence electrons. The summed E-state index contributed by atoms with van der Waals surface area (Å²) in [6, 6.07) is 11.5. The van der Waals surface area contributed by atoms with Gasteiger partial charge in [0.25, 0.3) is 0 Å². The minimum absolute atomic E-state index is 0.172. The van der Waals surface area contributed by atoms with Gasteiger partial charge in [-0.2, -0.15) is 0 Å². The van der Waals surface area contributed by atoms with Crippen LogP contribution >= 0.6 is 15.9 Å². The maximum absolute atomic E-state index is 13.8. The monoisotopic (exact) mass is 349 g/mol. The molecule has 0 radical (unpaired) electrons. The molecule has 4 heteroatoms. The number of aryl methyl sites for hydroxylation is 1. The van der Waals surface area contributed by atoms with Crippen LogP contribution in [0.2, 0.25) is 0 Å². The smallest absolute Gasteiger partial charge is 0.127 e. The van der Waals surface area contributed by atoms with Crippen LogP contribution in [-0.2, 0) is 13.0 Å². The second kappa shape index (κ2) is 6.16. The summed E-state index contributed by atoms with van der Waals surface area (Å²) in [5.41, 5.74) is 3.30. The molecule has 1 unspecified atom stereocenters. The molecule has 2 aromatic rings. The van der Waals surface area contributed by atoms with Crippen LogP contribution in [0.4, 0.5) is 4.39 Å². The highest BCUT2D eigenvalue weighted by molar-refractivity contribution is 9.10. The molecule has 0 spiro atoms. The van der Waals surface area contributed by atoms with Gasteiger partial charge in [0.05, 0.1) is 7.11 Å². The zero-order valence-corrected chi connectivity index (χ0v) is 13.4. The van der Waals surface area contributed by atoms with Crippen molar-refractivity contribution in [2.45, 2.75) is 25.4 Å². The highest BCUT2D eigenvalue weighted by Crippen LogP contribution is 2.34. The fraction of sp³-hybridized carbons (Fsp3) is 0.294. The van der Waals surface area contributed by atoms with Crippen molar-refractivity contribution in [3.8, 4) is 5.75 Å². The van der Waals surface area contributed by atoms with E-state index in [1.807, 2.05) is 12.1 Å². The number of halogens is 2. The molecule has 0 aromatic heterocycles. The van der Waals surface area contributed by atoms with Gasteiger partial charge >= 0.3 is 0 Å². The number of rotatable bonds is 4. The van der Waals surface area contributed by atoms with E-state index in [2.05, 4.69) is 33.4 Å². The SMILES string of the molecule is COc1ccc2c(c1)C(NCc1cc(Br)ccc1F)CC2. The van der Waals surface area contributed by atoms with E-state index in [1.165, 1.54) is 17.2 Å². The summed E-state index contributed by atoms with van der Waals surface area (Å²) in [6.45, 7) is 0.520. The summed E-state index contributed by atoms with van der Waals surface area (Å²) in [5, 5.41) is 3.46. The van der Waals surface area contributed by atoms with E-state index in [9.17, 15) is 4.39 Å². The zero-order valence-electron chi connectivity index (χ0n) is 11.8. The van der Waals surface area contributed by atoms with Crippen molar-refractivity contribution in [3.63, 3.8) is 0 Å². The molecule has 0 heterocycles. The normalized spacial score (nSPS) is 16.8. The van der Waals surface area contributed by atoms with Crippen LogP contribution in [0.1, 0.15) is 29.2 Å². The molecule has 1 aliphatic carbocycles. The van der Waals surface area contributed by atoms with Gasteiger partial charge in [0.1, 0.15) is 11.6 Å². The fourth-order valence-electron chi connectivity index (χ4n) is 2.83. The molecular weight excluding hydrogens is 333 g/mol. The lowest BCUT2D eigenvalue weighted by molar-refractivity contribution is 0.413. The highest BCUT2D eigenvalue weighted by atomic mass is 79.9. The molecule has 3 rings (SSSR count). The summed E-state index contributed by atoms with van der Waals surface area (Å²) in [5.74, 6) is 0.700. The highest BCUT2D eigenvalue weighted by Gasteiger charge is 2.22. The van der Waals surface area contributed by atoms with Crippen molar-refractivity contribution in [2.24, 2.45) is 0 Å². The molecule has 1 N–H and O–H groups in total. The molecule has 1 atom stereocenters. The van der Waals surface area contributed by atoms with Crippen LogP contribution in [0.25, 0.3) is 0 Å². The second-order valence-electron chi connectivity index (χ2n) is 5.27. The summed E-state index contributed by atoms with van der Waals surface area (Å²) >= 11 is 3.38. The Morgan fingerprint density at radius 1 is 1.29 bits per heavy atom. The van der Waals surface area contributed by atoms with Gasteiger partial charge in [-0.05, 0) is 54.3 Å². The number of fused-ring (bicyclic) bond motifs is 1. The third kappa shape index (κ3) is 3.11. The predicted molar refractivity (Wildman–Crippen MR) is 85.0 cm³/mol. The van der Waals surface area contributed by atoms with Gasteiger partial charge in [-0.1, -0.05) is 22.0 Å². The Kier molecular flexibility index (Phi) is 4.27. The van der Waals surface area contributed by atoms with Crippen molar-refractivity contribution < 1.29 is 9.13 Å². The second-order valence-corrected chi connectivity index (χ2v) is 6.19. The largest absolute Gasteiger partial charge is 0.497 e. The lowest BCUT2D eigenvalue weighted by Gasteiger charge is -2.15. The number of hydrogen-bond donors (Lipinski definition) is 1. The third-order valence-corrected chi connectivity index (χ3v) is 4.47. The number of benzene rings is 2. The number of nitrogens with one attached hydrogen (secondary N) is 1. The molecule has 0 saturated carbocycles. The Labute approximate surface area is 132 Å². The Morgan fingerprint density at radius 3 is 2.95 bits per heavy atom. The van der Waals surface area contributed by atoms with E-state index in [0.29, 0.717) is 12.1 Å². The topological polar surface area (TPSA) is 21.3 Å². The van der Waals surface area contributed by atoms with Gasteiger partial charge in [-0.3, -0.25) is 0 Å². The lowest BCUT2D eigenvalue weighted by atomic mass is 10.1. The van der Waals surface area contributed by atoms with E-state index in [1.54, 1.807) is 13.2 Å². The maximum Gasteiger partial charge on any atom is 0.127 e. The maximum atomic E-state index is 13.8. The Morgan fingerprint density at radius 2 is 2.14 bits per heavy atom. The molecule has 0 aliphatic heterocycles. The van der Waals surface area contributed by atoms with Gasteiger partial charge < -0.3 is 10.1 Å². The van der Waals surface area contributed by atoms with Crippen LogP contribution in [-0.4, -0.2) is 7.11 Å². The molecule has 0 amide bonds. The van der Waals surface area contributed by atoms with Crippen molar-refractivity contribution in [3.05, 3.63) is 63.4 Å². The Hall–Kier alpha value is -1.39. The first-order valence-electron chi connectivity index (χ1n) is 7.01. The number of hydrogen-bond acceptors (Lipinski definition) is 2. The molecule has 0 fully saturated rings. The van der Waals surface area contributed by atoms with Crippen molar-refractivity contribution in [1.82, 2.24) is 5.32 Å².